The van der Waals surface area contributed by atoms with Gasteiger partial charge in [-0.15, -0.1) is 0 Å². The largest absolute Gasteiger partial charge is 0.316 e. The molecule has 3 heteroatoms. The molecule has 0 aliphatic rings. The van der Waals surface area contributed by atoms with Gasteiger partial charge in [0.25, 0.3) is 0 Å². The normalized spacial score (nSPS) is 13.3. The van der Waals surface area contributed by atoms with Crippen molar-refractivity contribution in [2.75, 3.05) is 0 Å². The van der Waals surface area contributed by atoms with Crippen molar-refractivity contribution in [3.05, 3.63) is 115 Å². The van der Waals surface area contributed by atoms with Crippen molar-refractivity contribution in [3.8, 4) is 0 Å². The molecule has 1 atom stereocenters. The molecule has 3 N–H and O–H groups in total. The summed E-state index contributed by atoms with van der Waals surface area (Å²) in [5.41, 5.74) is 7.64. The predicted molar refractivity (Wildman–Crippen MR) is 124 cm³/mol. The van der Waals surface area contributed by atoms with Crippen molar-refractivity contribution in [1.29, 1.82) is 0 Å². The maximum absolute atomic E-state index is 5.92. The van der Waals surface area contributed by atoms with Gasteiger partial charge in [0.15, 0.2) is 0 Å². The highest BCUT2D eigenvalue weighted by atomic mass is 15.2. The maximum atomic E-state index is 5.92. The molecular weight excluding hydrogens is 354 g/mol. The van der Waals surface area contributed by atoms with Crippen molar-refractivity contribution in [1.82, 2.24) is 9.99 Å². The predicted octanol–water partition coefficient (Wildman–Crippen LogP) is 5.45. The van der Waals surface area contributed by atoms with Crippen LogP contribution in [0.2, 0.25) is 0 Å². The fourth-order valence-corrected chi connectivity index (χ4v) is 3.82. The molecule has 0 saturated heterocycles. The number of nitrogens with two attached hydrogens (primary N) is 1. The van der Waals surface area contributed by atoms with E-state index in [0.29, 0.717) is 0 Å². The number of nitrogens with zero attached hydrogens (tertiary/aromatic N) is 1. The Balaban J connectivity index is 1.73. The topological polar surface area (TPSA) is 43.0 Å². The molecule has 0 aliphatic heterocycles. The summed E-state index contributed by atoms with van der Waals surface area (Å²) in [5, 5.41) is 2.50. The molecule has 1 heterocycles. The van der Waals surface area contributed by atoms with Gasteiger partial charge >= 0.3 is 0 Å². The van der Waals surface area contributed by atoms with Crippen LogP contribution in [0, 0.1) is 0 Å². The lowest BCUT2D eigenvalue weighted by Gasteiger charge is -2.17. The van der Waals surface area contributed by atoms with E-state index >= 15 is 0 Å². The van der Waals surface area contributed by atoms with Gasteiger partial charge in [-0.1, -0.05) is 85.5 Å². The molecule has 1 unspecified atom stereocenters. The molecule has 3 aromatic carbocycles. The summed E-state index contributed by atoms with van der Waals surface area (Å²) in [6, 6.07) is 27.3. The molecule has 3 nitrogen and oxygen atoms in total. The van der Waals surface area contributed by atoms with Crippen molar-refractivity contribution < 1.29 is 0 Å². The van der Waals surface area contributed by atoms with Crippen LogP contribution in [0.15, 0.2) is 109 Å². The minimum absolute atomic E-state index is 0.0141. The molecule has 0 amide bonds. The number of benzene rings is 3. The van der Waals surface area contributed by atoms with E-state index in [1.54, 1.807) is 6.08 Å². The number of aromatic nitrogens is 1. The fourth-order valence-electron chi connectivity index (χ4n) is 3.82. The minimum Gasteiger partial charge on any atom is -0.316 e. The smallest absolute Gasteiger partial charge is 0.0534 e. The molecule has 0 saturated carbocycles. The van der Waals surface area contributed by atoms with Gasteiger partial charge in [0.05, 0.1) is 17.1 Å². The van der Waals surface area contributed by atoms with Crippen LogP contribution < -0.4 is 11.3 Å². The van der Waals surface area contributed by atoms with Crippen LogP contribution in [-0.2, 0) is 6.42 Å². The van der Waals surface area contributed by atoms with Gasteiger partial charge in [0.1, 0.15) is 0 Å². The van der Waals surface area contributed by atoms with Gasteiger partial charge in [-0.25, -0.2) is 0 Å². The number of para-hydroxylation sites is 2. The lowest BCUT2D eigenvalue weighted by atomic mass is 9.99. The molecule has 1 aromatic heterocycles. The van der Waals surface area contributed by atoms with Crippen LogP contribution in [0.4, 0.5) is 0 Å². The van der Waals surface area contributed by atoms with Gasteiger partial charge < -0.3 is 4.57 Å². The molecule has 0 aliphatic carbocycles. The monoisotopic (exact) mass is 379 g/mol. The lowest BCUT2D eigenvalue weighted by molar-refractivity contribution is 0.599. The molecule has 4 aromatic rings. The minimum atomic E-state index is -0.0141. The third-order valence-electron chi connectivity index (χ3n) is 5.23. The highest BCUT2D eigenvalue weighted by Crippen LogP contribution is 2.29. The zero-order chi connectivity index (χ0) is 20.1. The molecule has 0 spiro atoms. The number of hydrogen-bond acceptors (Lipinski definition) is 2. The number of hydrogen-bond donors (Lipinski definition) is 2. The number of nitrogens with one attached hydrogen (secondary N) is 1. The van der Waals surface area contributed by atoms with Gasteiger partial charge in [-0.05, 0) is 35.8 Å². The Bertz CT molecular complexity index is 1130. The summed E-state index contributed by atoms with van der Waals surface area (Å²) < 4.78 is 2.23. The third-order valence-corrected chi connectivity index (χ3v) is 5.23. The Morgan fingerprint density at radius 3 is 2.07 bits per heavy atom. The van der Waals surface area contributed by atoms with Crippen LogP contribution in [0.25, 0.3) is 28.0 Å². The van der Waals surface area contributed by atoms with Gasteiger partial charge in [0.2, 0.25) is 0 Å². The summed E-state index contributed by atoms with van der Waals surface area (Å²) >= 11 is 0. The quantitative estimate of drug-likeness (QED) is 0.255. The van der Waals surface area contributed by atoms with Crippen LogP contribution in [0.5, 0.6) is 0 Å². The highest BCUT2D eigenvalue weighted by Gasteiger charge is 2.12. The standard InChI is InChI=1S/C26H25N3/c1-2-10-21(24(28-27)19-20-11-4-3-5-12-20)17-18-29-25-15-8-6-13-22(25)23-14-7-9-16-26(23)29/h2-18,24,28H,1,19,27H2/b18-17-,21-10+. The first-order valence-electron chi connectivity index (χ1n) is 9.80. The zero-order valence-electron chi connectivity index (χ0n) is 16.3. The molecule has 144 valence electrons. The van der Waals surface area contributed by atoms with E-state index in [1.807, 2.05) is 24.3 Å². The second-order valence-corrected chi connectivity index (χ2v) is 7.03. The summed E-state index contributed by atoms with van der Waals surface area (Å²) in [5.74, 6) is 5.92. The van der Waals surface area contributed by atoms with Gasteiger partial charge in [-0.3, -0.25) is 11.3 Å². The molecule has 0 fully saturated rings. The van der Waals surface area contributed by atoms with Crippen molar-refractivity contribution >= 4 is 28.0 Å². The number of fused-ring (bicyclic) bond motifs is 3. The Hall–Kier alpha value is -3.40. The molecule has 29 heavy (non-hydrogen) atoms. The summed E-state index contributed by atoms with van der Waals surface area (Å²) in [7, 11) is 0. The first-order chi connectivity index (χ1) is 14.3. The Labute approximate surface area is 171 Å². The second-order valence-electron chi connectivity index (χ2n) is 7.03. The summed E-state index contributed by atoms with van der Waals surface area (Å²) in [6.07, 6.45) is 8.86. The molecule has 0 radical (unpaired) electrons. The van der Waals surface area contributed by atoms with Crippen LogP contribution >= 0.6 is 0 Å². The maximum Gasteiger partial charge on any atom is 0.0534 e. The number of allylic oxidation sites excluding steroid dienone is 2. The Kier molecular flexibility index (Phi) is 5.71. The van der Waals surface area contributed by atoms with E-state index in [1.165, 1.54) is 27.4 Å². The van der Waals surface area contributed by atoms with Crippen LogP contribution in [0.3, 0.4) is 0 Å². The molecule has 0 bridgehead atoms. The second kappa shape index (κ2) is 8.74. The summed E-state index contributed by atoms with van der Waals surface area (Å²) in [4.78, 5) is 0. The lowest BCUT2D eigenvalue weighted by Crippen LogP contribution is -2.38. The van der Waals surface area contributed by atoms with Gasteiger partial charge in [-0.2, -0.15) is 0 Å². The fraction of sp³-hybridized carbons (Fsp3) is 0.0769. The SMILES string of the molecule is C=C/C=C(\C=C/n1c2ccccc2c2ccccc21)C(Cc1ccccc1)NN. The first kappa shape index (κ1) is 18.9. The van der Waals surface area contributed by atoms with E-state index < -0.39 is 0 Å². The third kappa shape index (κ3) is 3.92. The number of hydrazine groups is 1. The van der Waals surface area contributed by atoms with E-state index in [-0.39, 0.29) is 6.04 Å². The highest BCUT2D eigenvalue weighted by molar-refractivity contribution is 6.09. The Morgan fingerprint density at radius 2 is 1.48 bits per heavy atom. The van der Waals surface area contributed by atoms with E-state index in [2.05, 4.69) is 89.5 Å². The Morgan fingerprint density at radius 1 is 0.897 bits per heavy atom. The van der Waals surface area contributed by atoms with Crippen molar-refractivity contribution in [2.24, 2.45) is 5.84 Å². The van der Waals surface area contributed by atoms with Gasteiger partial charge in [0, 0.05) is 17.0 Å². The average molecular weight is 380 g/mol. The average Bonchev–Trinajstić information content (AvgIpc) is 3.10. The zero-order valence-corrected chi connectivity index (χ0v) is 16.3. The molecular formula is C26H25N3. The first-order valence-corrected chi connectivity index (χ1v) is 9.80. The molecule has 4 rings (SSSR count). The van der Waals surface area contributed by atoms with E-state index in [0.717, 1.165) is 12.0 Å². The van der Waals surface area contributed by atoms with Crippen LogP contribution in [-0.4, -0.2) is 10.6 Å². The number of rotatable bonds is 7. The van der Waals surface area contributed by atoms with Crippen molar-refractivity contribution in [2.45, 2.75) is 12.5 Å². The van der Waals surface area contributed by atoms with Crippen LogP contribution in [0.1, 0.15) is 5.56 Å². The summed E-state index contributed by atoms with van der Waals surface area (Å²) in [6.45, 7) is 3.88. The van der Waals surface area contributed by atoms with E-state index in [4.69, 9.17) is 5.84 Å². The van der Waals surface area contributed by atoms with E-state index in [9.17, 15) is 0 Å². The van der Waals surface area contributed by atoms with Crippen molar-refractivity contribution in [3.63, 3.8) is 0 Å².